The average Bonchev–Trinajstić information content (AvgIpc) is 3.34. The van der Waals surface area contributed by atoms with Crippen LogP contribution < -0.4 is 0 Å². The summed E-state index contributed by atoms with van der Waals surface area (Å²) in [7, 11) is 0. The Kier molecular flexibility index (Phi) is 5.89. The fourth-order valence-corrected chi connectivity index (χ4v) is 5.31. The number of fused-ring (bicyclic) bond motifs is 6. The Bertz CT molecular complexity index is 1710. The monoisotopic (exact) mass is 502 g/mol. The van der Waals surface area contributed by atoms with Gasteiger partial charge in [0.25, 0.3) is 0 Å². The van der Waals surface area contributed by atoms with Crippen LogP contribution in [0.5, 0.6) is 0 Å². The number of hydrogen-bond donors (Lipinski definition) is 1. The highest BCUT2D eigenvalue weighted by molar-refractivity contribution is 6.09. The van der Waals surface area contributed by atoms with Crippen molar-refractivity contribution in [1.29, 1.82) is 0 Å². The Morgan fingerprint density at radius 2 is 1.08 bits per heavy atom. The van der Waals surface area contributed by atoms with E-state index >= 15 is 0 Å². The SMILES string of the molecule is CC(O)COC(Cn1c2ccccc2c2cc(F)ccc21)Cn1c2ccc(F)cc2c2cc(F)ccc21. The maximum absolute atomic E-state index is 14.1. The number of para-hydroxylation sites is 1. The standard InChI is InChI=1S/C30H25F3N2O2/c1-18(36)17-37-22(15-34-27-5-3-2-4-23(27)24-12-19(31)6-9-28(24)34)16-35-29-10-7-20(32)13-25(29)26-14-21(33)8-11-30(26)35/h2-14,18,22,36H,15-17H2,1H3. The summed E-state index contributed by atoms with van der Waals surface area (Å²) in [5.74, 6) is -1.09. The molecule has 0 saturated heterocycles. The highest BCUT2D eigenvalue weighted by Gasteiger charge is 2.21. The number of halogens is 3. The Morgan fingerprint density at radius 1 is 0.649 bits per heavy atom. The molecule has 0 aliphatic rings. The van der Waals surface area contributed by atoms with Crippen LogP contribution in [0, 0.1) is 17.5 Å². The van der Waals surface area contributed by atoms with Crippen molar-refractivity contribution < 1.29 is 23.0 Å². The summed E-state index contributed by atoms with van der Waals surface area (Å²) in [4.78, 5) is 0. The highest BCUT2D eigenvalue weighted by atomic mass is 19.1. The van der Waals surface area contributed by atoms with E-state index in [0.717, 1.165) is 32.8 Å². The lowest BCUT2D eigenvalue weighted by Gasteiger charge is -2.22. The predicted molar refractivity (Wildman–Crippen MR) is 140 cm³/mol. The van der Waals surface area contributed by atoms with Gasteiger partial charge in [-0.05, 0) is 67.6 Å². The van der Waals surface area contributed by atoms with Crippen LogP contribution in [0.25, 0.3) is 43.6 Å². The Labute approximate surface area is 211 Å². The molecule has 4 aromatic carbocycles. The molecule has 6 aromatic rings. The molecule has 188 valence electrons. The third-order valence-electron chi connectivity index (χ3n) is 6.87. The first-order valence-electron chi connectivity index (χ1n) is 12.2. The third-order valence-corrected chi connectivity index (χ3v) is 6.87. The molecule has 0 spiro atoms. The molecule has 0 aliphatic heterocycles. The molecule has 4 nitrogen and oxygen atoms in total. The fraction of sp³-hybridized carbons (Fsp3) is 0.200. The van der Waals surface area contributed by atoms with Gasteiger partial charge >= 0.3 is 0 Å². The van der Waals surface area contributed by atoms with Crippen LogP contribution in [0.2, 0.25) is 0 Å². The molecule has 2 unspecified atom stereocenters. The second kappa shape index (κ2) is 9.25. The maximum Gasteiger partial charge on any atom is 0.123 e. The lowest BCUT2D eigenvalue weighted by atomic mass is 10.1. The van der Waals surface area contributed by atoms with E-state index in [1.165, 1.54) is 36.4 Å². The summed E-state index contributed by atoms with van der Waals surface area (Å²) in [5, 5.41) is 13.0. The molecule has 0 fully saturated rings. The molecular weight excluding hydrogens is 477 g/mol. The Balaban J connectivity index is 1.48. The average molecular weight is 503 g/mol. The van der Waals surface area contributed by atoms with Gasteiger partial charge in [0.15, 0.2) is 0 Å². The zero-order chi connectivity index (χ0) is 25.7. The van der Waals surface area contributed by atoms with Gasteiger partial charge in [-0.15, -0.1) is 0 Å². The van der Waals surface area contributed by atoms with Crippen molar-refractivity contribution in [2.45, 2.75) is 32.2 Å². The minimum absolute atomic E-state index is 0.122. The number of ether oxygens (including phenoxy) is 1. The van der Waals surface area contributed by atoms with Crippen LogP contribution in [0.15, 0.2) is 78.9 Å². The molecule has 6 rings (SSSR count). The van der Waals surface area contributed by atoms with Gasteiger partial charge in [-0.25, -0.2) is 13.2 Å². The quantitative estimate of drug-likeness (QED) is 0.261. The Morgan fingerprint density at radius 3 is 1.57 bits per heavy atom. The smallest absolute Gasteiger partial charge is 0.123 e. The van der Waals surface area contributed by atoms with Gasteiger partial charge in [0.2, 0.25) is 0 Å². The first-order chi connectivity index (χ1) is 17.9. The van der Waals surface area contributed by atoms with E-state index in [1.807, 2.05) is 28.8 Å². The number of hydrogen-bond acceptors (Lipinski definition) is 2. The lowest BCUT2D eigenvalue weighted by molar-refractivity contribution is -0.0154. The van der Waals surface area contributed by atoms with Crippen molar-refractivity contribution in [3.63, 3.8) is 0 Å². The molecule has 7 heteroatoms. The first kappa shape index (κ1) is 23.6. The molecule has 0 aliphatic carbocycles. The summed E-state index contributed by atoms with van der Waals surface area (Å²) < 4.78 is 52.7. The van der Waals surface area contributed by atoms with Crippen molar-refractivity contribution in [1.82, 2.24) is 9.13 Å². The minimum atomic E-state index is -0.670. The minimum Gasteiger partial charge on any atom is -0.391 e. The van der Waals surface area contributed by atoms with Crippen molar-refractivity contribution in [2.75, 3.05) is 6.61 Å². The molecule has 0 saturated carbocycles. The van der Waals surface area contributed by atoms with Crippen LogP contribution in [0.3, 0.4) is 0 Å². The van der Waals surface area contributed by atoms with Gasteiger partial charge in [0.1, 0.15) is 17.5 Å². The molecule has 0 bridgehead atoms. The summed E-state index contributed by atoms with van der Waals surface area (Å²) in [6.45, 7) is 2.58. The second-order valence-electron chi connectivity index (χ2n) is 9.53. The van der Waals surface area contributed by atoms with Crippen LogP contribution in [-0.4, -0.2) is 33.1 Å². The van der Waals surface area contributed by atoms with Gasteiger partial charge in [-0.3, -0.25) is 0 Å². The van der Waals surface area contributed by atoms with Crippen LogP contribution in [-0.2, 0) is 17.8 Å². The van der Waals surface area contributed by atoms with Crippen molar-refractivity contribution in [3.05, 3.63) is 96.3 Å². The molecule has 1 N–H and O–H groups in total. The predicted octanol–water partition coefficient (Wildman–Crippen LogP) is 6.79. The number of nitrogens with zero attached hydrogens (tertiary/aromatic N) is 2. The second-order valence-corrected chi connectivity index (χ2v) is 9.53. The van der Waals surface area contributed by atoms with Gasteiger partial charge in [-0.2, -0.15) is 0 Å². The zero-order valence-electron chi connectivity index (χ0n) is 20.2. The van der Waals surface area contributed by atoms with Gasteiger partial charge < -0.3 is 19.0 Å². The highest BCUT2D eigenvalue weighted by Crippen LogP contribution is 2.33. The largest absolute Gasteiger partial charge is 0.391 e. The van der Waals surface area contributed by atoms with E-state index in [4.69, 9.17) is 4.74 Å². The number of aliphatic hydroxyl groups excluding tert-OH is 1. The van der Waals surface area contributed by atoms with Crippen LogP contribution >= 0.6 is 0 Å². The van der Waals surface area contributed by atoms with Crippen LogP contribution in [0.1, 0.15) is 6.92 Å². The number of benzene rings is 4. The van der Waals surface area contributed by atoms with Gasteiger partial charge in [0, 0.05) is 43.6 Å². The fourth-order valence-electron chi connectivity index (χ4n) is 5.31. The molecule has 2 aromatic heterocycles. The number of aliphatic hydroxyl groups is 1. The summed E-state index contributed by atoms with van der Waals surface area (Å²) in [5.41, 5.74) is 3.34. The van der Waals surface area contributed by atoms with E-state index in [1.54, 1.807) is 25.1 Å². The molecule has 0 amide bonds. The van der Waals surface area contributed by atoms with E-state index < -0.39 is 23.8 Å². The maximum atomic E-state index is 14.1. The molecule has 0 radical (unpaired) electrons. The van der Waals surface area contributed by atoms with Crippen molar-refractivity contribution >= 4 is 43.6 Å². The topological polar surface area (TPSA) is 39.3 Å². The molecule has 2 atom stereocenters. The van der Waals surface area contributed by atoms with Crippen molar-refractivity contribution in [3.8, 4) is 0 Å². The van der Waals surface area contributed by atoms with Crippen LogP contribution in [0.4, 0.5) is 13.2 Å². The lowest BCUT2D eigenvalue weighted by Crippen LogP contribution is -2.28. The summed E-state index contributed by atoms with van der Waals surface area (Å²) in [6.07, 6.45) is -1.08. The molecule has 37 heavy (non-hydrogen) atoms. The van der Waals surface area contributed by atoms with Gasteiger partial charge in [0.05, 0.1) is 31.9 Å². The first-order valence-corrected chi connectivity index (χ1v) is 12.2. The number of rotatable bonds is 7. The van der Waals surface area contributed by atoms with E-state index in [-0.39, 0.29) is 12.4 Å². The molecular formula is C30H25F3N2O2. The van der Waals surface area contributed by atoms with E-state index in [9.17, 15) is 18.3 Å². The zero-order valence-corrected chi connectivity index (χ0v) is 20.2. The van der Waals surface area contributed by atoms with E-state index in [2.05, 4.69) is 4.57 Å². The number of aromatic nitrogens is 2. The molecule has 2 heterocycles. The normalized spacial score (nSPS) is 13.8. The summed E-state index contributed by atoms with van der Waals surface area (Å²) >= 11 is 0. The summed E-state index contributed by atoms with van der Waals surface area (Å²) in [6, 6.07) is 21.6. The third kappa shape index (κ3) is 4.24. The Hall–Kier alpha value is -3.81. The van der Waals surface area contributed by atoms with E-state index in [0.29, 0.717) is 23.9 Å². The van der Waals surface area contributed by atoms with Crippen molar-refractivity contribution in [2.24, 2.45) is 0 Å². The van der Waals surface area contributed by atoms with Gasteiger partial charge in [-0.1, -0.05) is 18.2 Å².